The molecule has 1 aromatic carbocycles. The van der Waals surface area contributed by atoms with E-state index < -0.39 is 0 Å². The molecule has 0 saturated carbocycles. The van der Waals surface area contributed by atoms with Crippen LogP contribution in [0.2, 0.25) is 0 Å². The second-order valence-electron chi connectivity index (χ2n) is 6.10. The van der Waals surface area contributed by atoms with Crippen LogP contribution < -0.4 is 0 Å². The SMILES string of the molecule is N#CC1CCN(C2CCN(Cc3ccccc3)CC2)C1. The molecule has 1 aromatic rings. The van der Waals surface area contributed by atoms with Crippen molar-refractivity contribution in [3.05, 3.63) is 35.9 Å². The summed E-state index contributed by atoms with van der Waals surface area (Å²) in [6.07, 6.45) is 3.58. The van der Waals surface area contributed by atoms with Crippen molar-refractivity contribution >= 4 is 0 Å². The fourth-order valence-corrected chi connectivity index (χ4v) is 3.51. The minimum absolute atomic E-state index is 0.275. The van der Waals surface area contributed by atoms with Crippen LogP contribution >= 0.6 is 0 Å². The van der Waals surface area contributed by atoms with Crippen LogP contribution in [0.1, 0.15) is 24.8 Å². The fraction of sp³-hybridized carbons (Fsp3) is 0.588. The van der Waals surface area contributed by atoms with Crippen molar-refractivity contribution < 1.29 is 0 Å². The molecule has 2 heterocycles. The van der Waals surface area contributed by atoms with Gasteiger partial charge in [-0.15, -0.1) is 0 Å². The Balaban J connectivity index is 1.47. The lowest BCUT2D eigenvalue weighted by Crippen LogP contribution is -2.43. The number of nitriles is 1. The summed E-state index contributed by atoms with van der Waals surface area (Å²) in [7, 11) is 0. The van der Waals surface area contributed by atoms with Crippen LogP contribution in [0.4, 0.5) is 0 Å². The third-order valence-corrected chi connectivity index (χ3v) is 4.72. The maximum absolute atomic E-state index is 9.00. The quantitative estimate of drug-likeness (QED) is 0.844. The molecule has 0 bridgehead atoms. The minimum atomic E-state index is 0.275. The average molecular weight is 269 g/mol. The van der Waals surface area contributed by atoms with Crippen molar-refractivity contribution in [3.8, 4) is 6.07 Å². The molecule has 0 spiro atoms. The first kappa shape index (κ1) is 13.6. The van der Waals surface area contributed by atoms with E-state index in [0.717, 1.165) is 26.1 Å². The molecular weight excluding hydrogens is 246 g/mol. The van der Waals surface area contributed by atoms with Gasteiger partial charge in [-0.3, -0.25) is 9.80 Å². The first-order valence-corrected chi connectivity index (χ1v) is 7.75. The van der Waals surface area contributed by atoms with E-state index in [9.17, 15) is 0 Å². The Morgan fingerprint density at radius 3 is 2.45 bits per heavy atom. The highest BCUT2D eigenvalue weighted by Crippen LogP contribution is 2.24. The van der Waals surface area contributed by atoms with Gasteiger partial charge >= 0.3 is 0 Å². The summed E-state index contributed by atoms with van der Waals surface area (Å²) in [5, 5.41) is 9.00. The molecule has 20 heavy (non-hydrogen) atoms. The van der Waals surface area contributed by atoms with Crippen molar-refractivity contribution in [3.63, 3.8) is 0 Å². The van der Waals surface area contributed by atoms with E-state index in [4.69, 9.17) is 5.26 Å². The van der Waals surface area contributed by atoms with Crippen LogP contribution in [0, 0.1) is 17.2 Å². The van der Waals surface area contributed by atoms with Crippen molar-refractivity contribution in [2.45, 2.75) is 31.8 Å². The van der Waals surface area contributed by atoms with Gasteiger partial charge in [0.2, 0.25) is 0 Å². The predicted molar refractivity (Wildman–Crippen MR) is 80.0 cm³/mol. The van der Waals surface area contributed by atoms with Crippen molar-refractivity contribution in [2.24, 2.45) is 5.92 Å². The molecule has 0 amide bonds. The van der Waals surface area contributed by atoms with Gasteiger partial charge < -0.3 is 0 Å². The van der Waals surface area contributed by atoms with E-state index in [1.165, 1.54) is 31.5 Å². The van der Waals surface area contributed by atoms with Gasteiger partial charge in [0.25, 0.3) is 0 Å². The zero-order chi connectivity index (χ0) is 13.8. The van der Waals surface area contributed by atoms with E-state index >= 15 is 0 Å². The van der Waals surface area contributed by atoms with Gasteiger partial charge in [-0.25, -0.2) is 0 Å². The van der Waals surface area contributed by atoms with Gasteiger partial charge in [-0.05, 0) is 44.5 Å². The van der Waals surface area contributed by atoms with E-state index in [1.54, 1.807) is 0 Å². The number of nitrogens with zero attached hydrogens (tertiary/aromatic N) is 3. The van der Waals surface area contributed by atoms with Crippen molar-refractivity contribution in [1.29, 1.82) is 5.26 Å². The highest BCUT2D eigenvalue weighted by Gasteiger charge is 2.30. The highest BCUT2D eigenvalue weighted by atomic mass is 15.2. The van der Waals surface area contributed by atoms with Crippen LogP contribution in [-0.2, 0) is 6.54 Å². The van der Waals surface area contributed by atoms with Crippen LogP contribution in [0.15, 0.2) is 30.3 Å². The molecule has 3 nitrogen and oxygen atoms in total. The van der Waals surface area contributed by atoms with Crippen LogP contribution in [0.5, 0.6) is 0 Å². The summed E-state index contributed by atoms with van der Waals surface area (Å²) in [5.41, 5.74) is 1.41. The second kappa shape index (κ2) is 6.39. The van der Waals surface area contributed by atoms with Gasteiger partial charge in [0.1, 0.15) is 0 Å². The normalized spacial score (nSPS) is 25.6. The number of hydrogen-bond acceptors (Lipinski definition) is 3. The van der Waals surface area contributed by atoms with Gasteiger partial charge in [-0.2, -0.15) is 5.26 Å². The van der Waals surface area contributed by atoms with Gasteiger partial charge in [0, 0.05) is 19.1 Å². The van der Waals surface area contributed by atoms with E-state index in [2.05, 4.69) is 46.2 Å². The number of likely N-dealkylation sites (tertiary alicyclic amines) is 2. The standard InChI is InChI=1S/C17H23N3/c18-12-16-6-11-20(14-16)17-7-9-19(10-8-17)13-15-4-2-1-3-5-15/h1-5,16-17H,6-11,13-14H2. The number of rotatable bonds is 3. The molecule has 0 aliphatic carbocycles. The molecule has 3 heteroatoms. The van der Waals surface area contributed by atoms with Crippen LogP contribution in [0.25, 0.3) is 0 Å². The van der Waals surface area contributed by atoms with Crippen LogP contribution in [0.3, 0.4) is 0 Å². The Labute approximate surface area is 121 Å². The van der Waals surface area contributed by atoms with E-state index in [1.807, 2.05) is 0 Å². The number of hydrogen-bond donors (Lipinski definition) is 0. The molecule has 0 N–H and O–H groups in total. The molecule has 1 atom stereocenters. The summed E-state index contributed by atoms with van der Waals surface area (Å²) >= 11 is 0. The summed E-state index contributed by atoms with van der Waals surface area (Å²) in [6, 6.07) is 13.9. The average Bonchev–Trinajstić information content (AvgIpc) is 2.98. The summed E-state index contributed by atoms with van der Waals surface area (Å²) < 4.78 is 0. The zero-order valence-corrected chi connectivity index (χ0v) is 12.0. The summed E-state index contributed by atoms with van der Waals surface area (Å²) in [4.78, 5) is 5.11. The number of piperidine rings is 1. The van der Waals surface area contributed by atoms with Crippen LogP contribution in [-0.4, -0.2) is 42.0 Å². The largest absolute Gasteiger partial charge is 0.299 e. The second-order valence-corrected chi connectivity index (χ2v) is 6.10. The van der Waals surface area contributed by atoms with Crippen molar-refractivity contribution in [1.82, 2.24) is 9.80 Å². The summed E-state index contributed by atoms with van der Waals surface area (Å²) in [5.74, 6) is 0.275. The Morgan fingerprint density at radius 2 is 1.80 bits per heavy atom. The fourth-order valence-electron chi connectivity index (χ4n) is 3.51. The Hall–Kier alpha value is -1.37. The molecule has 0 radical (unpaired) electrons. The maximum Gasteiger partial charge on any atom is 0.0669 e. The van der Waals surface area contributed by atoms with Gasteiger partial charge in [0.15, 0.2) is 0 Å². The third-order valence-electron chi connectivity index (χ3n) is 4.72. The lowest BCUT2D eigenvalue weighted by atomic mass is 10.0. The first-order chi connectivity index (χ1) is 9.85. The third kappa shape index (κ3) is 3.20. The zero-order valence-electron chi connectivity index (χ0n) is 12.0. The molecule has 2 aliphatic heterocycles. The van der Waals surface area contributed by atoms with E-state index in [-0.39, 0.29) is 5.92 Å². The molecule has 2 saturated heterocycles. The van der Waals surface area contributed by atoms with Crippen molar-refractivity contribution in [2.75, 3.05) is 26.2 Å². The monoisotopic (exact) mass is 269 g/mol. The Morgan fingerprint density at radius 1 is 1.05 bits per heavy atom. The molecular formula is C17H23N3. The van der Waals surface area contributed by atoms with Gasteiger partial charge in [0.05, 0.1) is 12.0 Å². The maximum atomic E-state index is 9.00. The minimum Gasteiger partial charge on any atom is -0.299 e. The lowest BCUT2D eigenvalue weighted by molar-refractivity contribution is 0.121. The molecule has 3 rings (SSSR count). The first-order valence-electron chi connectivity index (χ1n) is 7.75. The molecule has 1 unspecified atom stereocenters. The Bertz CT molecular complexity index is 457. The molecule has 2 aliphatic rings. The van der Waals surface area contributed by atoms with E-state index in [0.29, 0.717) is 6.04 Å². The van der Waals surface area contributed by atoms with Gasteiger partial charge in [-0.1, -0.05) is 30.3 Å². The lowest BCUT2D eigenvalue weighted by Gasteiger charge is -2.36. The summed E-state index contributed by atoms with van der Waals surface area (Å²) in [6.45, 7) is 5.58. The highest BCUT2D eigenvalue weighted by molar-refractivity contribution is 5.14. The molecule has 106 valence electrons. The predicted octanol–water partition coefficient (Wildman–Crippen LogP) is 2.50. The molecule has 2 fully saturated rings. The number of benzene rings is 1. The topological polar surface area (TPSA) is 30.3 Å². The smallest absolute Gasteiger partial charge is 0.0669 e. The molecule has 0 aromatic heterocycles. The Kier molecular flexibility index (Phi) is 4.34.